The zero-order valence-electron chi connectivity index (χ0n) is 12.8. The molecule has 0 spiro atoms. The standard InChI is InChI=1S/C16H11F4N3O2/c1-25-14(24)15(16(18,19)20)21-12-4-2-3-9-23(12)13(22-15)10-5-7-11(17)8-6-10/h2-9H,1H3/t15-/m1/s1. The number of hydrogen-bond donors (Lipinski definition) is 0. The minimum atomic E-state index is -5.13. The lowest BCUT2D eigenvalue weighted by Crippen LogP contribution is -2.55. The highest BCUT2D eigenvalue weighted by molar-refractivity contribution is 6.16. The number of ether oxygens (including phenoxy) is 1. The van der Waals surface area contributed by atoms with E-state index < -0.39 is 23.6 Å². The Balaban J connectivity index is 2.25. The summed E-state index contributed by atoms with van der Waals surface area (Å²) in [6.07, 6.45) is 0.665. The van der Waals surface area contributed by atoms with Gasteiger partial charge in [-0.05, 0) is 36.4 Å². The van der Waals surface area contributed by atoms with Gasteiger partial charge >= 0.3 is 17.8 Å². The van der Waals surface area contributed by atoms with Crippen LogP contribution in [0.4, 0.5) is 17.6 Å². The highest BCUT2D eigenvalue weighted by atomic mass is 19.4. The topological polar surface area (TPSA) is 54.3 Å². The predicted molar refractivity (Wildman–Crippen MR) is 81.3 cm³/mol. The van der Waals surface area contributed by atoms with Crippen molar-refractivity contribution in [2.24, 2.45) is 9.98 Å². The van der Waals surface area contributed by atoms with E-state index >= 15 is 0 Å². The van der Waals surface area contributed by atoms with Gasteiger partial charge in [-0.1, -0.05) is 6.08 Å². The van der Waals surface area contributed by atoms with Crippen molar-refractivity contribution in [3.8, 4) is 0 Å². The van der Waals surface area contributed by atoms with Gasteiger partial charge in [0.15, 0.2) is 0 Å². The van der Waals surface area contributed by atoms with Crippen LogP contribution in [-0.2, 0) is 9.53 Å². The van der Waals surface area contributed by atoms with Gasteiger partial charge in [0.2, 0.25) is 0 Å². The highest BCUT2D eigenvalue weighted by Crippen LogP contribution is 2.39. The normalized spacial score (nSPS) is 22.2. The van der Waals surface area contributed by atoms with Gasteiger partial charge in [-0.15, -0.1) is 0 Å². The minimum absolute atomic E-state index is 0.139. The molecule has 9 heteroatoms. The van der Waals surface area contributed by atoms with Gasteiger partial charge in [0.1, 0.15) is 17.5 Å². The first-order valence-corrected chi connectivity index (χ1v) is 7.03. The number of carbonyl (C=O) groups excluding carboxylic acids is 1. The zero-order valence-corrected chi connectivity index (χ0v) is 12.8. The number of esters is 1. The number of aliphatic imine (C=N–C) groups is 2. The Morgan fingerprint density at radius 1 is 1.16 bits per heavy atom. The Labute approximate surface area is 139 Å². The molecule has 0 aliphatic carbocycles. The fourth-order valence-electron chi connectivity index (χ4n) is 2.38. The lowest BCUT2D eigenvalue weighted by molar-refractivity contribution is -0.202. The molecule has 0 unspecified atom stereocenters. The quantitative estimate of drug-likeness (QED) is 0.607. The van der Waals surface area contributed by atoms with E-state index in [-0.39, 0.29) is 17.2 Å². The summed E-state index contributed by atoms with van der Waals surface area (Å²) in [5.41, 5.74) is -3.24. The highest BCUT2D eigenvalue weighted by Gasteiger charge is 2.64. The molecule has 1 atom stereocenters. The molecule has 0 amide bonds. The summed E-state index contributed by atoms with van der Waals surface area (Å²) in [7, 11) is 0.825. The maximum Gasteiger partial charge on any atom is 0.445 e. The van der Waals surface area contributed by atoms with Gasteiger partial charge in [-0.25, -0.2) is 19.2 Å². The SMILES string of the molecule is COC(=O)[C@@]1(C(F)(F)F)N=C2C=CC=CN2C(c2ccc(F)cc2)=N1. The van der Waals surface area contributed by atoms with Crippen LogP contribution < -0.4 is 0 Å². The number of benzene rings is 1. The number of carbonyl (C=O) groups is 1. The first-order valence-electron chi connectivity index (χ1n) is 7.03. The van der Waals surface area contributed by atoms with E-state index in [9.17, 15) is 22.4 Å². The van der Waals surface area contributed by atoms with E-state index in [1.54, 1.807) is 6.08 Å². The molecule has 1 aromatic rings. The first-order chi connectivity index (χ1) is 11.8. The third kappa shape index (κ3) is 2.71. The van der Waals surface area contributed by atoms with Crippen LogP contribution in [0.25, 0.3) is 0 Å². The van der Waals surface area contributed by atoms with E-state index in [0.29, 0.717) is 0 Å². The Kier molecular flexibility index (Phi) is 3.94. The van der Waals surface area contributed by atoms with E-state index in [4.69, 9.17) is 0 Å². The Hall–Kier alpha value is -2.97. The number of nitrogens with zero attached hydrogens (tertiary/aromatic N) is 3. The van der Waals surface area contributed by atoms with Crippen molar-refractivity contribution in [1.82, 2.24) is 4.90 Å². The monoisotopic (exact) mass is 353 g/mol. The number of alkyl halides is 3. The molecule has 0 radical (unpaired) electrons. The van der Waals surface area contributed by atoms with Crippen LogP contribution in [0.1, 0.15) is 5.56 Å². The Bertz CT molecular complexity index is 825. The van der Waals surface area contributed by atoms with Gasteiger partial charge in [-0.2, -0.15) is 13.2 Å². The molecule has 3 rings (SSSR count). The molecule has 130 valence electrons. The second kappa shape index (κ2) is 5.83. The third-order valence-electron chi connectivity index (χ3n) is 3.58. The van der Waals surface area contributed by atoms with Crippen molar-refractivity contribution in [3.05, 3.63) is 60.1 Å². The summed E-state index contributed by atoms with van der Waals surface area (Å²) in [4.78, 5) is 20.3. The molecule has 0 saturated carbocycles. The Morgan fingerprint density at radius 3 is 2.44 bits per heavy atom. The average molecular weight is 353 g/mol. The molecule has 0 aromatic heterocycles. The van der Waals surface area contributed by atoms with Crippen LogP contribution in [0.15, 0.2) is 58.7 Å². The molecule has 25 heavy (non-hydrogen) atoms. The minimum Gasteiger partial charge on any atom is -0.465 e. The van der Waals surface area contributed by atoms with Gasteiger partial charge in [-0.3, -0.25) is 4.90 Å². The number of fused-ring (bicyclic) bond motifs is 1. The summed E-state index contributed by atoms with van der Waals surface area (Å²) in [5.74, 6) is -2.55. The van der Waals surface area contributed by atoms with Crippen LogP contribution in [0.5, 0.6) is 0 Å². The second-order valence-corrected chi connectivity index (χ2v) is 5.14. The third-order valence-corrected chi connectivity index (χ3v) is 3.58. The number of rotatable bonds is 2. The van der Waals surface area contributed by atoms with Crippen molar-refractivity contribution in [2.75, 3.05) is 7.11 Å². The summed E-state index contributed by atoms with van der Waals surface area (Å²) in [5, 5.41) is 0. The zero-order chi connectivity index (χ0) is 18.2. The lowest BCUT2D eigenvalue weighted by Gasteiger charge is -2.35. The molecule has 2 heterocycles. The number of methoxy groups -OCH3 is 1. The van der Waals surface area contributed by atoms with Crippen molar-refractivity contribution in [1.29, 1.82) is 0 Å². The van der Waals surface area contributed by atoms with E-state index in [2.05, 4.69) is 14.7 Å². The lowest BCUT2D eigenvalue weighted by atomic mass is 10.1. The molecular formula is C16H11F4N3O2. The largest absolute Gasteiger partial charge is 0.465 e. The molecule has 2 aliphatic heterocycles. The number of allylic oxidation sites excluding steroid dienone is 2. The number of hydrogen-bond acceptors (Lipinski definition) is 5. The van der Waals surface area contributed by atoms with Crippen LogP contribution in [0.2, 0.25) is 0 Å². The molecule has 0 fully saturated rings. The summed E-state index contributed by atoms with van der Waals surface area (Å²) < 4.78 is 58.6. The van der Waals surface area contributed by atoms with E-state index in [1.165, 1.54) is 35.4 Å². The van der Waals surface area contributed by atoms with Gasteiger partial charge in [0.05, 0.1) is 7.11 Å². The number of halogens is 4. The fourth-order valence-corrected chi connectivity index (χ4v) is 2.38. The molecule has 5 nitrogen and oxygen atoms in total. The first kappa shape index (κ1) is 16.9. The van der Waals surface area contributed by atoms with Gasteiger partial charge in [0, 0.05) is 11.8 Å². The molecule has 0 saturated heterocycles. The van der Waals surface area contributed by atoms with Crippen molar-refractivity contribution < 1.29 is 27.1 Å². The second-order valence-electron chi connectivity index (χ2n) is 5.14. The van der Waals surface area contributed by atoms with Gasteiger partial charge in [0.25, 0.3) is 0 Å². The van der Waals surface area contributed by atoms with Crippen LogP contribution >= 0.6 is 0 Å². The molecule has 2 aliphatic rings. The average Bonchev–Trinajstić information content (AvgIpc) is 2.59. The van der Waals surface area contributed by atoms with E-state index in [0.717, 1.165) is 19.2 Å². The maximum absolute atomic E-state index is 13.7. The molecule has 0 bridgehead atoms. The smallest absolute Gasteiger partial charge is 0.445 e. The number of amidine groups is 2. The van der Waals surface area contributed by atoms with Crippen LogP contribution in [-0.4, -0.2) is 41.5 Å². The van der Waals surface area contributed by atoms with Crippen LogP contribution in [0, 0.1) is 5.82 Å². The van der Waals surface area contributed by atoms with E-state index in [1.807, 2.05) is 0 Å². The predicted octanol–water partition coefficient (Wildman–Crippen LogP) is 2.80. The van der Waals surface area contributed by atoms with Gasteiger partial charge < -0.3 is 4.74 Å². The summed E-state index contributed by atoms with van der Waals surface area (Å²) in [6, 6.07) is 4.70. The molecule has 0 N–H and O–H groups in total. The van der Waals surface area contributed by atoms with Crippen molar-refractivity contribution in [3.63, 3.8) is 0 Å². The van der Waals surface area contributed by atoms with Crippen molar-refractivity contribution >= 4 is 17.6 Å². The fraction of sp³-hybridized carbons (Fsp3) is 0.188. The molecule has 1 aromatic carbocycles. The summed E-state index contributed by atoms with van der Waals surface area (Å²) >= 11 is 0. The maximum atomic E-state index is 13.7. The van der Waals surface area contributed by atoms with Crippen molar-refractivity contribution in [2.45, 2.75) is 11.8 Å². The van der Waals surface area contributed by atoms with Crippen LogP contribution in [0.3, 0.4) is 0 Å². The Morgan fingerprint density at radius 2 is 1.84 bits per heavy atom. The molecular weight excluding hydrogens is 342 g/mol. The summed E-state index contributed by atoms with van der Waals surface area (Å²) in [6.45, 7) is 0.